The first kappa shape index (κ1) is 17.2. The summed E-state index contributed by atoms with van der Waals surface area (Å²) in [7, 11) is 1.87. The molecule has 1 aromatic heterocycles. The molecular formula is C23H21NO4. The second-order valence-electron chi connectivity index (χ2n) is 8.07. The molecule has 1 aliphatic rings. The van der Waals surface area contributed by atoms with Gasteiger partial charge in [0, 0.05) is 23.4 Å². The Morgan fingerprint density at radius 1 is 1.00 bits per heavy atom. The van der Waals surface area contributed by atoms with E-state index in [1.165, 1.54) is 0 Å². The Labute approximate surface area is 161 Å². The Kier molecular flexibility index (Phi) is 3.42. The van der Waals surface area contributed by atoms with E-state index in [0.29, 0.717) is 27.6 Å². The molecule has 28 heavy (non-hydrogen) atoms. The van der Waals surface area contributed by atoms with Crippen molar-refractivity contribution in [3.8, 4) is 5.75 Å². The number of ether oxygens (including phenoxy) is 1. The summed E-state index contributed by atoms with van der Waals surface area (Å²) >= 11 is 0. The van der Waals surface area contributed by atoms with Gasteiger partial charge in [0.1, 0.15) is 23.6 Å². The van der Waals surface area contributed by atoms with E-state index in [1.807, 2.05) is 48.0 Å². The number of hydrogen-bond donors (Lipinski definition) is 2. The zero-order chi connectivity index (χ0) is 19.8. The normalized spacial score (nSPS) is 21.0. The van der Waals surface area contributed by atoms with E-state index in [1.54, 1.807) is 26.0 Å². The molecule has 5 heteroatoms. The lowest BCUT2D eigenvalue weighted by molar-refractivity contribution is -0.111. The highest BCUT2D eigenvalue weighted by atomic mass is 16.5. The van der Waals surface area contributed by atoms with Gasteiger partial charge in [0.2, 0.25) is 0 Å². The summed E-state index contributed by atoms with van der Waals surface area (Å²) < 4.78 is 7.87. The highest BCUT2D eigenvalue weighted by Crippen LogP contribution is 2.43. The maximum atomic E-state index is 13.3. The first-order valence-corrected chi connectivity index (χ1v) is 9.33. The maximum absolute atomic E-state index is 13.3. The molecule has 5 nitrogen and oxygen atoms in total. The van der Waals surface area contributed by atoms with Crippen LogP contribution in [0.5, 0.6) is 5.75 Å². The molecule has 0 amide bonds. The molecule has 0 aliphatic carbocycles. The molecule has 0 radical (unpaired) electrons. The molecular weight excluding hydrogens is 354 g/mol. The molecule has 0 saturated heterocycles. The quantitative estimate of drug-likeness (QED) is 0.462. The third-order valence-electron chi connectivity index (χ3n) is 5.91. The number of nitrogens with zero attached hydrogens (tertiary/aromatic N) is 1. The first-order chi connectivity index (χ1) is 13.3. The van der Waals surface area contributed by atoms with Crippen molar-refractivity contribution < 1.29 is 14.9 Å². The van der Waals surface area contributed by atoms with Gasteiger partial charge in [-0.05, 0) is 48.9 Å². The third kappa shape index (κ3) is 2.17. The van der Waals surface area contributed by atoms with E-state index in [9.17, 15) is 15.0 Å². The molecule has 0 bridgehead atoms. The maximum Gasteiger partial charge on any atom is 0.197 e. The van der Waals surface area contributed by atoms with Crippen LogP contribution in [0.3, 0.4) is 0 Å². The van der Waals surface area contributed by atoms with Crippen molar-refractivity contribution >= 4 is 32.6 Å². The molecule has 0 unspecified atom stereocenters. The van der Waals surface area contributed by atoms with E-state index in [4.69, 9.17) is 4.74 Å². The van der Waals surface area contributed by atoms with Crippen LogP contribution in [0.1, 0.15) is 25.5 Å². The Morgan fingerprint density at radius 2 is 1.68 bits per heavy atom. The lowest BCUT2D eigenvalue weighted by atomic mass is 9.87. The zero-order valence-electron chi connectivity index (χ0n) is 15.9. The van der Waals surface area contributed by atoms with E-state index in [-0.39, 0.29) is 5.43 Å². The number of aliphatic hydroxyl groups is 2. The van der Waals surface area contributed by atoms with Gasteiger partial charge in [0.25, 0.3) is 0 Å². The number of aromatic nitrogens is 1. The van der Waals surface area contributed by atoms with Crippen LogP contribution in [0, 0.1) is 0 Å². The van der Waals surface area contributed by atoms with Crippen LogP contribution in [-0.4, -0.2) is 26.5 Å². The molecule has 0 spiro atoms. The molecule has 0 fully saturated rings. The minimum atomic E-state index is -1.15. The van der Waals surface area contributed by atoms with Crippen molar-refractivity contribution in [2.24, 2.45) is 7.05 Å². The summed E-state index contributed by atoms with van der Waals surface area (Å²) in [4.78, 5) is 13.3. The molecule has 2 atom stereocenters. The van der Waals surface area contributed by atoms with Gasteiger partial charge in [-0.3, -0.25) is 4.79 Å². The van der Waals surface area contributed by atoms with Gasteiger partial charge in [0.15, 0.2) is 5.43 Å². The van der Waals surface area contributed by atoms with E-state index < -0.39 is 17.8 Å². The molecule has 2 N–H and O–H groups in total. The van der Waals surface area contributed by atoms with Crippen LogP contribution in [-0.2, 0) is 7.05 Å². The molecule has 0 saturated carbocycles. The van der Waals surface area contributed by atoms with E-state index in [0.717, 1.165) is 16.3 Å². The minimum absolute atomic E-state index is 0.0943. The van der Waals surface area contributed by atoms with Crippen molar-refractivity contribution in [2.45, 2.75) is 31.7 Å². The predicted molar refractivity (Wildman–Crippen MR) is 110 cm³/mol. The second-order valence-corrected chi connectivity index (χ2v) is 8.07. The average molecular weight is 375 g/mol. The van der Waals surface area contributed by atoms with E-state index in [2.05, 4.69) is 0 Å². The fraction of sp³-hybridized carbons (Fsp3) is 0.261. The van der Waals surface area contributed by atoms with Crippen LogP contribution < -0.4 is 10.2 Å². The van der Waals surface area contributed by atoms with Crippen molar-refractivity contribution in [3.05, 3.63) is 64.3 Å². The number of hydrogen-bond acceptors (Lipinski definition) is 4. The van der Waals surface area contributed by atoms with Crippen molar-refractivity contribution in [1.29, 1.82) is 0 Å². The standard InChI is InChI=1S/C23H21NO4/c1-23(2)22(27)21(26)18-17(28-23)9-8-14-19(18)24(3)16-11-13-7-5-4-6-12(13)10-15(16)20(14)25/h4-11,21-22,26-27H,1-3H3/t21-,22-/m1/s1. The second kappa shape index (κ2) is 5.56. The van der Waals surface area contributed by atoms with E-state index >= 15 is 0 Å². The van der Waals surface area contributed by atoms with Crippen LogP contribution in [0.4, 0.5) is 0 Å². The zero-order valence-corrected chi connectivity index (χ0v) is 15.9. The number of aryl methyl sites for hydroxylation is 1. The largest absolute Gasteiger partial charge is 0.485 e. The Hall–Kier alpha value is -2.89. The number of fused-ring (bicyclic) bond motifs is 5. The summed E-state index contributed by atoms with van der Waals surface area (Å²) in [5.74, 6) is 0.491. The summed E-state index contributed by atoms with van der Waals surface area (Å²) in [6.07, 6.45) is -2.25. The predicted octanol–water partition coefficient (Wildman–Crippen LogP) is 3.41. The van der Waals surface area contributed by atoms with Gasteiger partial charge in [-0.2, -0.15) is 0 Å². The van der Waals surface area contributed by atoms with Crippen LogP contribution in [0.15, 0.2) is 53.3 Å². The fourth-order valence-corrected chi connectivity index (χ4v) is 4.34. The number of rotatable bonds is 0. The van der Waals surface area contributed by atoms with Crippen LogP contribution in [0.2, 0.25) is 0 Å². The Bertz CT molecular complexity index is 1340. The molecule has 3 aromatic carbocycles. The van der Waals surface area contributed by atoms with Gasteiger partial charge in [-0.25, -0.2) is 0 Å². The summed E-state index contributed by atoms with van der Waals surface area (Å²) in [6.45, 7) is 3.47. The Balaban J connectivity index is 1.96. The monoisotopic (exact) mass is 375 g/mol. The molecule has 2 heterocycles. The van der Waals surface area contributed by atoms with Gasteiger partial charge < -0.3 is 19.5 Å². The molecule has 4 aromatic rings. The van der Waals surface area contributed by atoms with Crippen molar-refractivity contribution in [1.82, 2.24) is 4.57 Å². The topological polar surface area (TPSA) is 71.7 Å². The lowest BCUT2D eigenvalue weighted by Crippen LogP contribution is -2.49. The first-order valence-electron chi connectivity index (χ1n) is 9.33. The van der Waals surface area contributed by atoms with Crippen LogP contribution in [0.25, 0.3) is 32.6 Å². The minimum Gasteiger partial charge on any atom is -0.485 e. The molecule has 1 aliphatic heterocycles. The number of pyridine rings is 1. The van der Waals surface area contributed by atoms with Gasteiger partial charge in [0.05, 0.1) is 11.0 Å². The summed E-state index contributed by atoms with van der Waals surface area (Å²) in [5.41, 5.74) is 0.803. The highest BCUT2D eigenvalue weighted by Gasteiger charge is 2.43. The van der Waals surface area contributed by atoms with Gasteiger partial charge in [-0.15, -0.1) is 0 Å². The van der Waals surface area contributed by atoms with Crippen molar-refractivity contribution in [3.63, 3.8) is 0 Å². The molecule has 5 rings (SSSR count). The summed E-state index contributed by atoms with van der Waals surface area (Å²) in [5, 5.41) is 24.6. The lowest BCUT2D eigenvalue weighted by Gasteiger charge is -2.40. The smallest absolute Gasteiger partial charge is 0.197 e. The van der Waals surface area contributed by atoms with Crippen LogP contribution >= 0.6 is 0 Å². The molecule has 142 valence electrons. The Morgan fingerprint density at radius 3 is 2.39 bits per heavy atom. The number of aliphatic hydroxyl groups excluding tert-OH is 2. The number of benzene rings is 3. The van der Waals surface area contributed by atoms with Gasteiger partial charge in [-0.1, -0.05) is 24.3 Å². The summed E-state index contributed by atoms with van der Waals surface area (Å²) in [6, 6.07) is 15.3. The third-order valence-corrected chi connectivity index (χ3v) is 5.91. The fourth-order valence-electron chi connectivity index (χ4n) is 4.34. The van der Waals surface area contributed by atoms with Gasteiger partial charge >= 0.3 is 0 Å². The average Bonchev–Trinajstić information content (AvgIpc) is 2.68. The van der Waals surface area contributed by atoms with Crippen molar-refractivity contribution in [2.75, 3.05) is 0 Å². The highest BCUT2D eigenvalue weighted by molar-refractivity contribution is 6.02. The SMILES string of the molecule is Cn1c2cc3ccccc3cc2c(=O)c2ccc3c(c21)[C@@H](O)[C@@H](O)C(C)(C)O3.